The van der Waals surface area contributed by atoms with E-state index in [2.05, 4.69) is 53.2 Å². The summed E-state index contributed by atoms with van der Waals surface area (Å²) in [5.74, 6) is -18.0. The first-order valence-corrected chi connectivity index (χ1v) is 36.6. The number of nitrogens with two attached hydrogens (primary N) is 1. The lowest BCUT2D eigenvalue weighted by Gasteiger charge is -2.30. The van der Waals surface area contributed by atoms with Crippen molar-refractivity contribution >= 4 is 88.7 Å². The molecule has 5 atom stereocenters. The number of urea groups is 1. The van der Waals surface area contributed by atoms with Crippen molar-refractivity contribution in [2.75, 3.05) is 56.6 Å². The summed E-state index contributed by atoms with van der Waals surface area (Å²) in [6.45, 7) is 14.0. The number of esters is 3. The molecule has 5 aromatic carbocycles. The van der Waals surface area contributed by atoms with E-state index < -0.39 is 160 Å². The number of alkyl carbamates (subject to hydrolysis) is 1. The molecule has 1 fully saturated rings. The van der Waals surface area contributed by atoms with E-state index in [4.69, 9.17) is 34.2 Å². The number of carbonyl (C=O) groups is 13. The van der Waals surface area contributed by atoms with Gasteiger partial charge >= 0.3 is 30.0 Å². The highest BCUT2D eigenvalue weighted by Crippen LogP contribution is 2.30. The van der Waals surface area contributed by atoms with Crippen LogP contribution in [0.1, 0.15) is 135 Å². The van der Waals surface area contributed by atoms with Crippen LogP contribution in [0, 0.1) is 23.3 Å². The van der Waals surface area contributed by atoms with Crippen molar-refractivity contribution < 1.29 is 108 Å². The molecule has 1 heterocycles. The van der Waals surface area contributed by atoms with Gasteiger partial charge in [0.05, 0.1) is 38.9 Å². The van der Waals surface area contributed by atoms with E-state index in [1.54, 1.807) is 123 Å². The van der Waals surface area contributed by atoms with Gasteiger partial charge in [0.25, 0.3) is 5.91 Å². The monoisotopic (exact) mass is 1590 g/mol. The molecule has 1 aliphatic heterocycles. The molecule has 0 aliphatic carbocycles. The standard InChI is InChI=1S/C79H98F4N12O19/c1-77(2,3)112-64(99)44-57(91-63(98)46-87-69(101)49-24-16-25-51(42-49)88-60(45-65(100)113-78(4,5)6)94-76(108)114-79(7,8)9)71(103)89-50-29-31-52(32-30-50)110-37-19-28-61(96)85-35-39-109-38-33-62(97)90-56(40-47-20-12-10-13-21-47)72(104)92-55(26-17-34-86-75(84)107)70(102)93-58(41-48-22-14-11-15-23-48)73(105)95-36-18-27-59(95)74(106)111-68-66(82)53(80)43-54(81)67(68)83/h10-16,20-25,29-32,42-43,45,55-59,88H,17-19,26-28,33-41,44,46H2,1-9H3,(H,85,96)(H,87,101)(H,89,103)(H,90,97)(H,91,98)(H,92,104)(H,93,102)(H,94,108)(H3,84,86,107)/b60-45-/t55-,56-,57-,58-,59-/m0/s1. The molecule has 11 amide bonds. The molecule has 0 aromatic heterocycles. The van der Waals surface area contributed by atoms with Gasteiger partial charge in [0, 0.05) is 68.3 Å². The van der Waals surface area contributed by atoms with E-state index >= 15 is 0 Å². The van der Waals surface area contributed by atoms with Crippen LogP contribution in [0.4, 0.5) is 38.5 Å². The summed E-state index contributed by atoms with van der Waals surface area (Å²) >= 11 is 0. The summed E-state index contributed by atoms with van der Waals surface area (Å²) in [6, 6.07) is 20.6. The van der Waals surface area contributed by atoms with Crippen LogP contribution in [0.5, 0.6) is 11.5 Å². The minimum Gasteiger partial charge on any atom is -0.494 e. The summed E-state index contributed by atoms with van der Waals surface area (Å²) in [6.07, 6.45) is -0.713. The first kappa shape index (κ1) is 90.7. The molecule has 5 aromatic rings. The van der Waals surface area contributed by atoms with E-state index in [1.807, 2.05) is 0 Å². The summed E-state index contributed by atoms with van der Waals surface area (Å²) < 4.78 is 89.8. The van der Waals surface area contributed by atoms with Gasteiger partial charge in [0.1, 0.15) is 58.6 Å². The Morgan fingerprint density at radius 2 is 1.17 bits per heavy atom. The molecule has 0 bridgehead atoms. The molecule has 114 heavy (non-hydrogen) atoms. The second-order valence-electron chi connectivity index (χ2n) is 29.2. The number of anilines is 2. The predicted octanol–water partition coefficient (Wildman–Crippen LogP) is 6.61. The number of halogens is 4. The fourth-order valence-electron chi connectivity index (χ4n) is 11.0. The summed E-state index contributed by atoms with van der Waals surface area (Å²) in [5.41, 5.74) is 4.26. The molecular formula is C79H98F4N12O19. The molecular weight excluding hydrogens is 1500 g/mol. The lowest BCUT2D eigenvalue weighted by Crippen LogP contribution is -2.58. The number of amides is 11. The van der Waals surface area contributed by atoms with Crippen molar-refractivity contribution in [2.24, 2.45) is 5.73 Å². The largest absolute Gasteiger partial charge is 0.494 e. The number of nitrogens with zero attached hydrogens (tertiary/aromatic N) is 1. The second kappa shape index (κ2) is 43.6. The van der Waals surface area contributed by atoms with Crippen LogP contribution < -0.4 is 68.4 Å². The zero-order chi connectivity index (χ0) is 83.9. The fourth-order valence-corrected chi connectivity index (χ4v) is 11.0. The quantitative estimate of drug-likeness (QED) is 0.00374. The molecule has 616 valence electrons. The van der Waals surface area contributed by atoms with E-state index in [0.29, 0.717) is 16.9 Å². The molecule has 6 rings (SSSR count). The first-order chi connectivity index (χ1) is 53.8. The van der Waals surface area contributed by atoms with Gasteiger partial charge in [-0.2, -0.15) is 8.78 Å². The molecule has 1 aliphatic rings. The second-order valence-corrected chi connectivity index (χ2v) is 29.2. The van der Waals surface area contributed by atoms with E-state index in [-0.39, 0.29) is 132 Å². The lowest BCUT2D eigenvalue weighted by molar-refractivity contribution is -0.156. The predicted molar refractivity (Wildman–Crippen MR) is 406 cm³/mol. The molecule has 12 N–H and O–H groups in total. The van der Waals surface area contributed by atoms with Gasteiger partial charge in [0.2, 0.25) is 58.7 Å². The molecule has 0 unspecified atom stereocenters. The van der Waals surface area contributed by atoms with Gasteiger partial charge in [-0.15, -0.1) is 0 Å². The molecule has 0 saturated carbocycles. The van der Waals surface area contributed by atoms with Crippen LogP contribution in [-0.2, 0) is 79.7 Å². The van der Waals surface area contributed by atoms with Gasteiger partial charge in [-0.25, -0.2) is 28.0 Å². The molecule has 31 nitrogen and oxygen atoms in total. The summed E-state index contributed by atoms with van der Waals surface area (Å²) in [7, 11) is 0. The van der Waals surface area contributed by atoms with Crippen LogP contribution in [0.3, 0.4) is 0 Å². The third kappa shape index (κ3) is 32.6. The van der Waals surface area contributed by atoms with Crippen LogP contribution in [0.15, 0.2) is 127 Å². The zero-order valence-corrected chi connectivity index (χ0v) is 64.7. The highest BCUT2D eigenvalue weighted by Gasteiger charge is 2.41. The molecule has 0 spiro atoms. The minimum absolute atomic E-state index is 0.0108. The Kier molecular flexibility index (Phi) is 34.7. The van der Waals surface area contributed by atoms with Gasteiger partial charge in [0.15, 0.2) is 11.6 Å². The third-order valence-corrected chi connectivity index (χ3v) is 16.1. The maximum Gasteiger partial charge on any atom is 0.413 e. The van der Waals surface area contributed by atoms with Crippen molar-refractivity contribution in [3.8, 4) is 11.5 Å². The van der Waals surface area contributed by atoms with Crippen molar-refractivity contribution in [1.29, 1.82) is 0 Å². The smallest absolute Gasteiger partial charge is 0.413 e. The number of rotatable bonds is 39. The molecule has 0 radical (unpaired) electrons. The minimum atomic E-state index is -1.98. The lowest BCUT2D eigenvalue weighted by atomic mass is 10.0. The maximum atomic E-state index is 14.6. The number of likely N-dealkylation sites (tertiary alicyclic amines) is 1. The average molecular weight is 1600 g/mol. The molecule has 1 saturated heterocycles. The number of hydrogen-bond donors (Lipinski definition) is 11. The normalized spacial score (nSPS) is 13.9. The van der Waals surface area contributed by atoms with Crippen LogP contribution >= 0.6 is 0 Å². The van der Waals surface area contributed by atoms with Crippen LogP contribution in [0.2, 0.25) is 0 Å². The number of ether oxygens (including phenoxy) is 6. The highest BCUT2D eigenvalue weighted by atomic mass is 19.2. The summed E-state index contributed by atoms with van der Waals surface area (Å²) in [5, 5.41) is 26.0. The topological polar surface area (TPSA) is 427 Å². The van der Waals surface area contributed by atoms with Gasteiger partial charge in [-0.3, -0.25) is 48.5 Å². The number of nitrogens with one attached hydrogen (secondary N) is 10. The first-order valence-electron chi connectivity index (χ1n) is 36.6. The van der Waals surface area contributed by atoms with Crippen LogP contribution in [0.25, 0.3) is 0 Å². The highest BCUT2D eigenvalue weighted by molar-refractivity contribution is 6.01. The maximum absolute atomic E-state index is 14.6. The number of hydrogen-bond acceptors (Lipinski definition) is 20. The van der Waals surface area contributed by atoms with Crippen LogP contribution in [-0.4, -0.2) is 175 Å². The fraction of sp³-hybridized carbons (Fsp3) is 0.430. The third-order valence-electron chi connectivity index (χ3n) is 16.1. The Labute approximate surface area is 656 Å². The Bertz CT molecular complexity index is 4210. The number of benzene rings is 5. The van der Waals surface area contributed by atoms with E-state index in [1.165, 1.54) is 48.5 Å². The Hall–Kier alpha value is -12.2. The van der Waals surface area contributed by atoms with Gasteiger partial charge in [-0.1, -0.05) is 66.7 Å². The van der Waals surface area contributed by atoms with Crippen molar-refractivity contribution in [1.82, 2.24) is 47.4 Å². The summed E-state index contributed by atoms with van der Waals surface area (Å²) in [4.78, 5) is 175. The van der Waals surface area contributed by atoms with Crippen molar-refractivity contribution in [2.45, 2.75) is 174 Å². The van der Waals surface area contributed by atoms with E-state index in [0.717, 1.165) is 11.0 Å². The van der Waals surface area contributed by atoms with Crippen molar-refractivity contribution in [3.05, 3.63) is 167 Å². The SMILES string of the molecule is CC(C)(C)OC(=O)/C=C(\NC(=O)OC(C)(C)C)Nc1cccc(C(=O)NCC(=O)N[C@@H](CC(=O)OC(C)(C)C)C(=O)Nc2ccc(OCCCC(=O)NCCOCCC(=O)N[C@@H](Cc3ccccc3)C(=O)N[C@@H](CCCNC(N)=O)C(=O)N[C@@H](Cc3ccccc3)C(=O)N3CCC[C@H]3C(=O)Oc3c(F)c(F)cc(F)c3F)cc2)c1. The average Bonchev–Trinajstić information content (AvgIpc) is 1.47. The Morgan fingerprint density at radius 3 is 1.79 bits per heavy atom. The Morgan fingerprint density at radius 1 is 0.561 bits per heavy atom. The number of primary amides is 1. The Balaban J connectivity index is 0.968. The van der Waals surface area contributed by atoms with E-state index in [9.17, 15) is 79.9 Å². The van der Waals surface area contributed by atoms with Gasteiger partial charge in [-0.05, 0) is 148 Å². The number of carbonyl (C=O) groups excluding carboxylic acids is 13. The van der Waals surface area contributed by atoms with Gasteiger partial charge < -0.3 is 86.9 Å². The zero-order valence-electron chi connectivity index (χ0n) is 64.7. The van der Waals surface area contributed by atoms with Crippen molar-refractivity contribution in [3.63, 3.8) is 0 Å². The molecule has 35 heteroatoms.